The van der Waals surface area contributed by atoms with Gasteiger partial charge in [0.1, 0.15) is 16.4 Å². The first-order valence-corrected chi connectivity index (χ1v) is 12.7. The van der Waals surface area contributed by atoms with Crippen LogP contribution in [-0.4, -0.2) is 55.8 Å². The van der Waals surface area contributed by atoms with Crippen molar-refractivity contribution in [3.05, 3.63) is 51.3 Å². The van der Waals surface area contributed by atoms with Gasteiger partial charge in [0, 0.05) is 22.4 Å². The molecule has 1 amide bonds. The minimum atomic E-state index is -3.65. The Hall–Kier alpha value is -1.26. The summed E-state index contributed by atoms with van der Waals surface area (Å²) in [7, 11) is -3.65. The molecule has 156 valence electrons. The van der Waals surface area contributed by atoms with Gasteiger partial charge < -0.3 is 9.64 Å². The fourth-order valence-electron chi connectivity index (χ4n) is 3.88. The highest BCUT2D eigenvalue weighted by molar-refractivity contribution is 9.10. The van der Waals surface area contributed by atoms with E-state index in [0.29, 0.717) is 43.3 Å². The number of halogens is 1. The zero-order valence-electron chi connectivity index (χ0n) is 16.1. The first-order valence-electron chi connectivity index (χ1n) is 9.60. The van der Waals surface area contributed by atoms with Crippen LogP contribution in [0.4, 0.5) is 0 Å². The highest BCUT2D eigenvalue weighted by atomic mass is 79.9. The van der Waals surface area contributed by atoms with Gasteiger partial charge in [0.25, 0.3) is 10.0 Å². The normalized spacial score (nSPS) is 23.4. The number of carbonyl (C=O) groups excluding carboxylic acids is 1. The van der Waals surface area contributed by atoms with Crippen molar-refractivity contribution in [2.75, 3.05) is 26.2 Å². The van der Waals surface area contributed by atoms with Crippen LogP contribution in [0.3, 0.4) is 0 Å². The van der Waals surface area contributed by atoms with E-state index in [4.69, 9.17) is 4.74 Å². The van der Waals surface area contributed by atoms with Crippen molar-refractivity contribution in [3.63, 3.8) is 0 Å². The van der Waals surface area contributed by atoms with Crippen LogP contribution in [-0.2, 0) is 19.6 Å². The summed E-state index contributed by atoms with van der Waals surface area (Å²) in [5, 5.41) is 0. The number of thiophene rings is 1. The molecule has 6 nitrogen and oxygen atoms in total. The lowest BCUT2D eigenvalue weighted by atomic mass is 10.1. The molecule has 3 heterocycles. The lowest BCUT2D eigenvalue weighted by Crippen LogP contribution is -2.51. The van der Waals surface area contributed by atoms with Gasteiger partial charge in [-0.1, -0.05) is 28.1 Å². The highest BCUT2D eigenvalue weighted by Gasteiger charge is 2.42. The number of benzene rings is 1. The van der Waals surface area contributed by atoms with Crippen molar-refractivity contribution >= 4 is 43.2 Å². The van der Waals surface area contributed by atoms with Crippen LogP contribution in [0.1, 0.15) is 29.4 Å². The summed E-state index contributed by atoms with van der Waals surface area (Å²) < 4.78 is 34.8. The number of carbonyl (C=O) groups is 1. The third kappa shape index (κ3) is 4.29. The molecule has 1 aromatic heterocycles. The van der Waals surface area contributed by atoms with Gasteiger partial charge in [-0.2, -0.15) is 4.31 Å². The summed E-state index contributed by atoms with van der Waals surface area (Å²) in [6.45, 7) is 3.62. The molecular formula is C20H23BrN2O4S2. The van der Waals surface area contributed by atoms with Crippen LogP contribution < -0.4 is 0 Å². The Balaban J connectivity index is 1.51. The molecule has 0 aliphatic carbocycles. The maximum absolute atomic E-state index is 13.3. The molecular weight excluding hydrogens is 476 g/mol. The van der Waals surface area contributed by atoms with Crippen molar-refractivity contribution < 1.29 is 17.9 Å². The van der Waals surface area contributed by atoms with Gasteiger partial charge in [-0.15, -0.1) is 11.3 Å². The predicted octanol–water partition coefficient (Wildman–Crippen LogP) is 3.57. The first-order chi connectivity index (χ1) is 13.9. The Morgan fingerprint density at radius 3 is 2.62 bits per heavy atom. The maximum Gasteiger partial charge on any atom is 0.253 e. The largest absolute Gasteiger partial charge is 0.370 e. The van der Waals surface area contributed by atoms with Gasteiger partial charge in [0.15, 0.2) is 0 Å². The maximum atomic E-state index is 13.3. The van der Waals surface area contributed by atoms with Crippen molar-refractivity contribution in [3.8, 4) is 0 Å². The minimum absolute atomic E-state index is 0.121. The lowest BCUT2D eigenvalue weighted by Gasteiger charge is -2.36. The second kappa shape index (κ2) is 8.47. The van der Waals surface area contributed by atoms with Crippen LogP contribution in [0.25, 0.3) is 0 Å². The van der Waals surface area contributed by atoms with Gasteiger partial charge in [-0.05, 0) is 49.6 Å². The van der Waals surface area contributed by atoms with Crippen LogP contribution in [0.2, 0.25) is 0 Å². The highest BCUT2D eigenvalue weighted by Crippen LogP contribution is 2.32. The molecule has 0 saturated carbocycles. The second-order valence-electron chi connectivity index (χ2n) is 7.33. The molecule has 9 heteroatoms. The molecule has 2 fully saturated rings. The Morgan fingerprint density at radius 1 is 1.17 bits per heavy atom. The minimum Gasteiger partial charge on any atom is -0.370 e. The standard InChI is InChI=1S/C20H23BrN2O4S2/c1-14-4-9-19(28-14)29(25,26)23-10-2-3-17(23)20(24)22-11-12-27-18(13-22)15-5-7-16(21)8-6-15/h4-9,17-18H,2-3,10-13H2,1H3. The summed E-state index contributed by atoms with van der Waals surface area (Å²) in [6, 6.07) is 10.7. The molecule has 0 spiro atoms. The zero-order valence-corrected chi connectivity index (χ0v) is 19.3. The lowest BCUT2D eigenvalue weighted by molar-refractivity contribution is -0.142. The van der Waals surface area contributed by atoms with E-state index in [-0.39, 0.29) is 12.0 Å². The molecule has 2 aromatic rings. The molecule has 1 aromatic carbocycles. The quantitative estimate of drug-likeness (QED) is 0.645. The number of morpholine rings is 1. The SMILES string of the molecule is Cc1ccc(S(=O)(=O)N2CCCC2C(=O)N2CCOC(c3ccc(Br)cc3)C2)s1. The Bertz CT molecular complexity index is 990. The molecule has 2 aliphatic heterocycles. The number of hydrogen-bond acceptors (Lipinski definition) is 5. The van der Waals surface area contributed by atoms with E-state index in [9.17, 15) is 13.2 Å². The molecule has 4 rings (SSSR count). The Kier molecular flexibility index (Phi) is 6.13. The summed E-state index contributed by atoms with van der Waals surface area (Å²) in [5.74, 6) is -0.121. The fourth-order valence-corrected chi connectivity index (χ4v) is 7.21. The van der Waals surface area contributed by atoms with Gasteiger partial charge in [0.05, 0.1) is 13.2 Å². The molecule has 29 heavy (non-hydrogen) atoms. The summed E-state index contributed by atoms with van der Waals surface area (Å²) in [6.07, 6.45) is 1.05. The third-order valence-corrected chi connectivity index (χ3v) is 9.29. The smallest absolute Gasteiger partial charge is 0.253 e. The van der Waals surface area contributed by atoms with Gasteiger partial charge >= 0.3 is 0 Å². The first kappa shape index (κ1) is 21.0. The zero-order chi connectivity index (χ0) is 20.6. The summed E-state index contributed by atoms with van der Waals surface area (Å²) in [4.78, 5) is 16.0. The molecule has 2 atom stereocenters. The topological polar surface area (TPSA) is 66.9 Å². The number of sulfonamides is 1. The van der Waals surface area contributed by atoms with E-state index >= 15 is 0 Å². The predicted molar refractivity (Wildman–Crippen MR) is 115 cm³/mol. The summed E-state index contributed by atoms with van der Waals surface area (Å²) in [5.41, 5.74) is 1.01. The molecule has 0 bridgehead atoms. The third-order valence-electron chi connectivity index (χ3n) is 5.39. The fraction of sp³-hybridized carbons (Fsp3) is 0.450. The van der Waals surface area contributed by atoms with Crippen molar-refractivity contribution in [2.45, 2.75) is 36.1 Å². The van der Waals surface area contributed by atoms with Crippen LogP contribution in [0.15, 0.2) is 45.1 Å². The Morgan fingerprint density at radius 2 is 1.93 bits per heavy atom. The van der Waals surface area contributed by atoms with E-state index in [1.165, 1.54) is 15.6 Å². The number of rotatable bonds is 4. The van der Waals surface area contributed by atoms with Crippen molar-refractivity contribution in [2.24, 2.45) is 0 Å². The van der Waals surface area contributed by atoms with E-state index in [1.54, 1.807) is 17.0 Å². The molecule has 0 radical (unpaired) electrons. The second-order valence-corrected chi connectivity index (χ2v) is 11.7. The molecule has 2 unspecified atom stereocenters. The van der Waals surface area contributed by atoms with Gasteiger partial charge in [-0.3, -0.25) is 4.79 Å². The van der Waals surface area contributed by atoms with Gasteiger partial charge in [-0.25, -0.2) is 8.42 Å². The molecule has 0 N–H and O–H groups in total. The average Bonchev–Trinajstić information content (AvgIpc) is 3.38. The number of ether oxygens (including phenoxy) is 1. The average molecular weight is 499 g/mol. The van der Waals surface area contributed by atoms with E-state index in [2.05, 4.69) is 15.9 Å². The van der Waals surface area contributed by atoms with E-state index < -0.39 is 16.1 Å². The number of nitrogens with zero attached hydrogens (tertiary/aromatic N) is 2. The Labute approximate surface area is 183 Å². The van der Waals surface area contributed by atoms with Crippen LogP contribution in [0.5, 0.6) is 0 Å². The number of amides is 1. The van der Waals surface area contributed by atoms with Crippen LogP contribution in [0, 0.1) is 6.92 Å². The molecule has 2 aliphatic rings. The summed E-state index contributed by atoms with van der Waals surface area (Å²) >= 11 is 4.68. The van der Waals surface area contributed by atoms with Crippen LogP contribution >= 0.6 is 27.3 Å². The number of hydrogen-bond donors (Lipinski definition) is 0. The molecule has 2 saturated heterocycles. The van der Waals surface area contributed by atoms with E-state index in [1.807, 2.05) is 31.2 Å². The van der Waals surface area contributed by atoms with Crippen molar-refractivity contribution in [1.29, 1.82) is 0 Å². The monoisotopic (exact) mass is 498 g/mol. The number of aryl methyl sites for hydroxylation is 1. The van der Waals surface area contributed by atoms with Gasteiger partial charge in [0.2, 0.25) is 5.91 Å². The van der Waals surface area contributed by atoms with Crippen molar-refractivity contribution in [1.82, 2.24) is 9.21 Å². The van der Waals surface area contributed by atoms with E-state index in [0.717, 1.165) is 14.9 Å².